The van der Waals surface area contributed by atoms with Crippen LogP contribution < -0.4 is 5.32 Å². The van der Waals surface area contributed by atoms with Gasteiger partial charge in [0.1, 0.15) is 0 Å². The molecule has 2 atom stereocenters. The van der Waals surface area contributed by atoms with Gasteiger partial charge in [0, 0.05) is 18.0 Å². The van der Waals surface area contributed by atoms with Crippen molar-refractivity contribution < 1.29 is 0 Å². The highest BCUT2D eigenvalue weighted by atomic mass is 32.1. The van der Waals surface area contributed by atoms with Gasteiger partial charge in [-0.05, 0) is 32.9 Å². The van der Waals surface area contributed by atoms with Gasteiger partial charge in [0.25, 0.3) is 0 Å². The zero-order chi connectivity index (χ0) is 12.1. The van der Waals surface area contributed by atoms with Gasteiger partial charge >= 0.3 is 0 Å². The van der Waals surface area contributed by atoms with E-state index in [9.17, 15) is 0 Å². The van der Waals surface area contributed by atoms with Gasteiger partial charge in [0.15, 0.2) is 0 Å². The Balaban J connectivity index is 1.91. The summed E-state index contributed by atoms with van der Waals surface area (Å²) < 4.78 is 0. The zero-order valence-electron chi connectivity index (χ0n) is 10.9. The Bertz CT molecular complexity index is 306. The summed E-state index contributed by atoms with van der Waals surface area (Å²) in [4.78, 5) is 6.96. The highest BCUT2D eigenvalue weighted by Crippen LogP contribution is 2.21. The highest BCUT2D eigenvalue weighted by Gasteiger charge is 2.21. The summed E-state index contributed by atoms with van der Waals surface area (Å²) in [7, 11) is 0. The van der Waals surface area contributed by atoms with Crippen LogP contribution in [-0.2, 0) is 0 Å². The van der Waals surface area contributed by atoms with Crippen LogP contribution in [0.1, 0.15) is 44.8 Å². The lowest BCUT2D eigenvalue weighted by atomic mass is 10.0. The zero-order valence-corrected chi connectivity index (χ0v) is 11.7. The van der Waals surface area contributed by atoms with Crippen molar-refractivity contribution in [2.24, 2.45) is 0 Å². The molecule has 0 bridgehead atoms. The van der Waals surface area contributed by atoms with E-state index in [1.807, 2.05) is 5.51 Å². The average Bonchev–Trinajstić information content (AvgIpc) is 2.90. The van der Waals surface area contributed by atoms with Crippen LogP contribution >= 0.6 is 11.3 Å². The Morgan fingerprint density at radius 1 is 1.59 bits per heavy atom. The third kappa shape index (κ3) is 3.50. The van der Waals surface area contributed by atoms with E-state index in [0.29, 0.717) is 12.1 Å². The molecule has 1 saturated heterocycles. The lowest BCUT2D eigenvalue weighted by Gasteiger charge is -2.33. The third-order valence-electron chi connectivity index (χ3n) is 3.70. The highest BCUT2D eigenvalue weighted by molar-refractivity contribution is 7.07. The maximum atomic E-state index is 4.43. The van der Waals surface area contributed by atoms with Gasteiger partial charge in [-0.15, -0.1) is 11.3 Å². The second-order valence-electron chi connectivity index (χ2n) is 4.82. The molecule has 4 heteroatoms. The minimum atomic E-state index is 0.440. The molecule has 2 rings (SSSR count). The second-order valence-corrected chi connectivity index (χ2v) is 5.54. The molecule has 2 heterocycles. The molecule has 3 nitrogen and oxygen atoms in total. The molecule has 17 heavy (non-hydrogen) atoms. The third-order valence-corrected chi connectivity index (χ3v) is 4.31. The van der Waals surface area contributed by atoms with E-state index in [1.54, 1.807) is 11.3 Å². The summed E-state index contributed by atoms with van der Waals surface area (Å²) in [6.45, 7) is 7.94. The van der Waals surface area contributed by atoms with Gasteiger partial charge in [-0.25, -0.2) is 4.98 Å². The van der Waals surface area contributed by atoms with Crippen molar-refractivity contribution in [3.05, 3.63) is 16.6 Å². The van der Waals surface area contributed by atoms with E-state index >= 15 is 0 Å². The Labute approximate surface area is 108 Å². The number of nitrogens with zero attached hydrogens (tertiary/aromatic N) is 2. The predicted octanol–water partition coefficient (Wildman–Crippen LogP) is 2.67. The Kier molecular flexibility index (Phi) is 4.95. The first-order valence-corrected chi connectivity index (χ1v) is 7.61. The van der Waals surface area contributed by atoms with Crippen LogP contribution in [0.25, 0.3) is 0 Å². The second kappa shape index (κ2) is 6.47. The van der Waals surface area contributed by atoms with Crippen LogP contribution in [-0.4, -0.2) is 35.6 Å². The Morgan fingerprint density at radius 2 is 2.47 bits per heavy atom. The molecule has 1 aliphatic heterocycles. The fourth-order valence-corrected chi connectivity index (χ4v) is 3.18. The van der Waals surface area contributed by atoms with Gasteiger partial charge in [0.2, 0.25) is 0 Å². The number of likely N-dealkylation sites (N-methyl/N-ethyl adjacent to an activating group) is 1. The van der Waals surface area contributed by atoms with Gasteiger partial charge < -0.3 is 5.32 Å². The molecule has 1 aliphatic rings. The molecule has 0 saturated carbocycles. The van der Waals surface area contributed by atoms with E-state index in [1.165, 1.54) is 31.5 Å². The minimum Gasteiger partial charge on any atom is -0.313 e. The summed E-state index contributed by atoms with van der Waals surface area (Å²) in [5, 5.41) is 5.79. The van der Waals surface area contributed by atoms with Crippen molar-refractivity contribution in [3.8, 4) is 0 Å². The summed E-state index contributed by atoms with van der Waals surface area (Å²) in [6, 6.07) is 1.11. The van der Waals surface area contributed by atoms with E-state index < -0.39 is 0 Å². The molecule has 1 aromatic heterocycles. The number of rotatable bonds is 5. The van der Waals surface area contributed by atoms with Crippen molar-refractivity contribution in [2.45, 2.75) is 45.2 Å². The summed E-state index contributed by atoms with van der Waals surface area (Å²) in [5.41, 5.74) is 3.14. The van der Waals surface area contributed by atoms with Gasteiger partial charge in [-0.1, -0.05) is 13.3 Å². The minimum absolute atomic E-state index is 0.440. The largest absolute Gasteiger partial charge is 0.313 e. The maximum Gasteiger partial charge on any atom is 0.0795 e. The molecule has 1 aromatic rings. The van der Waals surface area contributed by atoms with Crippen LogP contribution in [0.4, 0.5) is 0 Å². The number of thiazole rings is 1. The molecule has 1 N–H and O–H groups in total. The molecular formula is C13H23N3S. The number of hydrogen-bond acceptors (Lipinski definition) is 4. The fourth-order valence-electron chi connectivity index (χ4n) is 2.54. The number of hydrogen-bond donors (Lipinski definition) is 1. The van der Waals surface area contributed by atoms with Crippen LogP contribution in [0.3, 0.4) is 0 Å². The lowest BCUT2D eigenvalue weighted by molar-refractivity contribution is 0.182. The average molecular weight is 253 g/mol. The topological polar surface area (TPSA) is 28.2 Å². The maximum absolute atomic E-state index is 4.43. The number of nitrogens with one attached hydrogen (secondary N) is 1. The van der Waals surface area contributed by atoms with Crippen molar-refractivity contribution in [1.82, 2.24) is 15.2 Å². The standard InChI is InChI=1S/C13H23N3S/c1-3-16(8-12-6-4-5-7-14-12)11(2)13-9-17-10-15-13/h9-12,14H,3-8H2,1-2H3. The van der Waals surface area contributed by atoms with E-state index in [-0.39, 0.29) is 0 Å². The predicted molar refractivity (Wildman–Crippen MR) is 73.4 cm³/mol. The van der Waals surface area contributed by atoms with Crippen molar-refractivity contribution in [3.63, 3.8) is 0 Å². The molecule has 0 amide bonds. The Morgan fingerprint density at radius 3 is 3.06 bits per heavy atom. The molecule has 0 radical (unpaired) electrons. The Hall–Kier alpha value is -0.450. The smallest absolute Gasteiger partial charge is 0.0795 e. The van der Waals surface area contributed by atoms with Gasteiger partial charge in [0.05, 0.1) is 17.2 Å². The number of piperidine rings is 1. The molecule has 0 aromatic carbocycles. The first kappa shape index (κ1) is 13.0. The molecular weight excluding hydrogens is 230 g/mol. The van der Waals surface area contributed by atoms with Crippen LogP contribution in [0.5, 0.6) is 0 Å². The first-order valence-electron chi connectivity index (χ1n) is 6.66. The quantitative estimate of drug-likeness (QED) is 0.874. The lowest BCUT2D eigenvalue weighted by Crippen LogP contribution is -2.44. The summed E-state index contributed by atoms with van der Waals surface area (Å²) in [5.74, 6) is 0. The van der Waals surface area contributed by atoms with Crippen LogP contribution in [0.2, 0.25) is 0 Å². The van der Waals surface area contributed by atoms with Crippen molar-refractivity contribution in [2.75, 3.05) is 19.6 Å². The molecule has 0 aliphatic carbocycles. The first-order chi connectivity index (χ1) is 8.31. The molecule has 1 fully saturated rings. The van der Waals surface area contributed by atoms with Crippen molar-refractivity contribution >= 4 is 11.3 Å². The van der Waals surface area contributed by atoms with E-state index in [4.69, 9.17) is 0 Å². The molecule has 2 unspecified atom stereocenters. The molecule has 0 spiro atoms. The summed E-state index contributed by atoms with van der Waals surface area (Å²) in [6.07, 6.45) is 4.03. The van der Waals surface area contributed by atoms with Gasteiger partial charge in [-0.3, -0.25) is 4.90 Å². The summed E-state index contributed by atoms with van der Waals surface area (Å²) >= 11 is 1.69. The van der Waals surface area contributed by atoms with E-state index in [2.05, 4.69) is 34.4 Å². The number of aromatic nitrogens is 1. The van der Waals surface area contributed by atoms with Crippen LogP contribution in [0, 0.1) is 0 Å². The van der Waals surface area contributed by atoms with Crippen molar-refractivity contribution in [1.29, 1.82) is 0 Å². The fraction of sp³-hybridized carbons (Fsp3) is 0.769. The van der Waals surface area contributed by atoms with Crippen LogP contribution in [0.15, 0.2) is 10.9 Å². The SMILES string of the molecule is CCN(CC1CCCCN1)C(C)c1cscn1. The normalized spacial score (nSPS) is 22.9. The monoisotopic (exact) mass is 253 g/mol. The molecule has 96 valence electrons. The van der Waals surface area contributed by atoms with Gasteiger partial charge in [-0.2, -0.15) is 0 Å². The van der Waals surface area contributed by atoms with E-state index in [0.717, 1.165) is 13.1 Å².